The molecular formula is C19H19NO3S. The molecule has 0 aliphatic carbocycles. The van der Waals surface area contributed by atoms with Crippen LogP contribution in [0.15, 0.2) is 48.5 Å². The van der Waals surface area contributed by atoms with Crippen molar-refractivity contribution >= 4 is 33.1 Å². The Kier molecular flexibility index (Phi) is 4.44. The van der Waals surface area contributed by atoms with Crippen molar-refractivity contribution in [2.75, 3.05) is 26.1 Å². The molecule has 3 aromatic rings. The molecule has 0 saturated heterocycles. The molecule has 0 bridgehead atoms. The Labute approximate surface area is 144 Å². The Balaban J connectivity index is 2.13. The number of carboxylic acids is 1. The first kappa shape index (κ1) is 16.3. The van der Waals surface area contributed by atoms with Crippen molar-refractivity contribution in [2.24, 2.45) is 0 Å². The summed E-state index contributed by atoms with van der Waals surface area (Å²) >= 11 is 1.51. The van der Waals surface area contributed by atoms with E-state index in [0.717, 1.165) is 20.7 Å². The van der Waals surface area contributed by atoms with Crippen LogP contribution >= 0.6 is 11.3 Å². The molecule has 124 valence electrons. The maximum absolute atomic E-state index is 12.0. The van der Waals surface area contributed by atoms with Gasteiger partial charge in [0.1, 0.15) is 11.7 Å². The predicted octanol–water partition coefficient (Wildman–Crippen LogP) is 4.19. The number of aliphatic carboxylic acids is 1. The molecule has 1 N–H and O–H groups in total. The van der Waals surface area contributed by atoms with E-state index < -0.39 is 11.9 Å². The Bertz CT molecular complexity index is 852. The van der Waals surface area contributed by atoms with E-state index in [1.807, 2.05) is 67.5 Å². The van der Waals surface area contributed by atoms with Gasteiger partial charge in [0, 0.05) is 41.0 Å². The number of ether oxygens (including phenoxy) is 1. The molecule has 0 spiro atoms. The average Bonchev–Trinajstić information content (AvgIpc) is 2.98. The number of anilines is 1. The molecule has 4 nitrogen and oxygen atoms in total. The van der Waals surface area contributed by atoms with Gasteiger partial charge in [0.15, 0.2) is 0 Å². The van der Waals surface area contributed by atoms with Crippen LogP contribution in [0.3, 0.4) is 0 Å². The van der Waals surface area contributed by atoms with E-state index in [2.05, 4.69) is 0 Å². The zero-order valence-corrected chi connectivity index (χ0v) is 14.6. The monoisotopic (exact) mass is 341 g/mol. The fraction of sp³-hybridized carbons (Fsp3) is 0.211. The molecule has 1 heterocycles. The lowest BCUT2D eigenvalue weighted by Crippen LogP contribution is -2.14. The number of methoxy groups -OCH3 is 1. The molecule has 2 aromatic carbocycles. The van der Waals surface area contributed by atoms with E-state index in [4.69, 9.17) is 4.74 Å². The van der Waals surface area contributed by atoms with Crippen molar-refractivity contribution in [1.82, 2.24) is 0 Å². The summed E-state index contributed by atoms with van der Waals surface area (Å²) in [6, 6.07) is 15.5. The second kappa shape index (κ2) is 6.53. The van der Waals surface area contributed by atoms with Gasteiger partial charge in [-0.3, -0.25) is 4.79 Å². The Morgan fingerprint density at radius 2 is 1.92 bits per heavy atom. The van der Waals surface area contributed by atoms with Crippen LogP contribution in [0.25, 0.3) is 10.1 Å². The second-order valence-electron chi connectivity index (χ2n) is 5.78. The van der Waals surface area contributed by atoms with E-state index in [0.29, 0.717) is 11.3 Å². The predicted molar refractivity (Wildman–Crippen MR) is 98.6 cm³/mol. The smallest absolute Gasteiger partial charge is 0.316 e. The first-order chi connectivity index (χ1) is 11.5. The molecule has 24 heavy (non-hydrogen) atoms. The molecule has 1 aromatic heterocycles. The van der Waals surface area contributed by atoms with Crippen LogP contribution < -0.4 is 9.64 Å². The first-order valence-corrected chi connectivity index (χ1v) is 8.39. The van der Waals surface area contributed by atoms with Gasteiger partial charge in [0.05, 0.1) is 7.11 Å². The summed E-state index contributed by atoms with van der Waals surface area (Å²) in [7, 11) is 5.45. The molecular weight excluding hydrogens is 322 g/mol. The van der Waals surface area contributed by atoms with Crippen LogP contribution in [-0.2, 0) is 4.79 Å². The van der Waals surface area contributed by atoms with Gasteiger partial charge in [-0.05, 0) is 23.6 Å². The van der Waals surface area contributed by atoms with Gasteiger partial charge in [0.25, 0.3) is 0 Å². The highest BCUT2D eigenvalue weighted by molar-refractivity contribution is 7.19. The molecule has 0 saturated carbocycles. The van der Waals surface area contributed by atoms with Crippen molar-refractivity contribution < 1.29 is 14.6 Å². The summed E-state index contributed by atoms with van der Waals surface area (Å²) in [5.41, 5.74) is 1.64. The molecule has 0 fully saturated rings. The average molecular weight is 341 g/mol. The Hall–Kier alpha value is -2.53. The lowest BCUT2D eigenvalue weighted by atomic mass is 9.95. The number of fused-ring (bicyclic) bond motifs is 1. The standard InChI is InChI=1S/C19H19NO3S/c1-20(2)13-8-9-14(15(11-13)23-3)18(19(21)22)17-10-12-6-4-5-7-16(12)24-17/h4-11,18H,1-3H3,(H,21,22). The highest BCUT2D eigenvalue weighted by Gasteiger charge is 2.27. The second-order valence-corrected chi connectivity index (χ2v) is 6.89. The fourth-order valence-electron chi connectivity index (χ4n) is 2.77. The lowest BCUT2D eigenvalue weighted by molar-refractivity contribution is -0.137. The van der Waals surface area contributed by atoms with Gasteiger partial charge in [-0.2, -0.15) is 0 Å². The third kappa shape index (κ3) is 2.95. The quantitative estimate of drug-likeness (QED) is 0.756. The van der Waals surface area contributed by atoms with E-state index in [-0.39, 0.29) is 0 Å². The van der Waals surface area contributed by atoms with Gasteiger partial charge >= 0.3 is 5.97 Å². The molecule has 1 atom stereocenters. The summed E-state index contributed by atoms with van der Waals surface area (Å²) in [6.45, 7) is 0. The zero-order chi connectivity index (χ0) is 17.3. The number of benzene rings is 2. The van der Waals surface area contributed by atoms with Crippen molar-refractivity contribution in [3.8, 4) is 5.75 Å². The normalized spacial score (nSPS) is 12.1. The Morgan fingerprint density at radius 1 is 1.17 bits per heavy atom. The van der Waals surface area contributed by atoms with Gasteiger partial charge in [-0.1, -0.05) is 24.3 Å². The van der Waals surface area contributed by atoms with Gasteiger partial charge in [-0.15, -0.1) is 11.3 Å². The number of hydrogen-bond donors (Lipinski definition) is 1. The van der Waals surface area contributed by atoms with Crippen molar-refractivity contribution in [1.29, 1.82) is 0 Å². The highest BCUT2D eigenvalue weighted by Crippen LogP contribution is 2.39. The van der Waals surface area contributed by atoms with Gasteiger partial charge in [0.2, 0.25) is 0 Å². The number of thiophene rings is 1. The van der Waals surface area contributed by atoms with Crippen molar-refractivity contribution in [2.45, 2.75) is 5.92 Å². The van der Waals surface area contributed by atoms with Crippen LogP contribution in [0.2, 0.25) is 0 Å². The van der Waals surface area contributed by atoms with E-state index in [1.54, 1.807) is 7.11 Å². The summed E-state index contributed by atoms with van der Waals surface area (Å²) in [5, 5.41) is 10.9. The molecule has 5 heteroatoms. The zero-order valence-electron chi connectivity index (χ0n) is 13.8. The van der Waals surface area contributed by atoms with Crippen molar-refractivity contribution in [3.05, 3.63) is 59.0 Å². The fourth-order valence-corrected chi connectivity index (χ4v) is 3.95. The third-order valence-electron chi connectivity index (χ3n) is 4.02. The van der Waals surface area contributed by atoms with Gasteiger partial charge in [-0.25, -0.2) is 0 Å². The van der Waals surface area contributed by atoms with E-state index in [1.165, 1.54) is 11.3 Å². The van der Waals surface area contributed by atoms with Crippen molar-refractivity contribution in [3.63, 3.8) is 0 Å². The minimum Gasteiger partial charge on any atom is -0.496 e. The van der Waals surface area contributed by atoms with Crippen LogP contribution in [-0.4, -0.2) is 32.3 Å². The molecule has 1 unspecified atom stereocenters. The minimum atomic E-state index is -0.877. The van der Waals surface area contributed by atoms with Gasteiger partial charge < -0.3 is 14.7 Å². The van der Waals surface area contributed by atoms with Crippen LogP contribution in [0.1, 0.15) is 16.4 Å². The molecule has 0 radical (unpaired) electrons. The summed E-state index contributed by atoms with van der Waals surface area (Å²) in [6.07, 6.45) is 0. The number of nitrogens with zero attached hydrogens (tertiary/aromatic N) is 1. The first-order valence-electron chi connectivity index (χ1n) is 7.58. The van der Waals surface area contributed by atoms with Crippen LogP contribution in [0, 0.1) is 0 Å². The van der Waals surface area contributed by atoms with E-state index >= 15 is 0 Å². The molecule has 0 aliphatic rings. The maximum Gasteiger partial charge on any atom is 0.316 e. The third-order valence-corrected chi connectivity index (χ3v) is 5.20. The highest BCUT2D eigenvalue weighted by atomic mass is 32.1. The summed E-state index contributed by atoms with van der Waals surface area (Å²) < 4.78 is 6.56. The number of rotatable bonds is 5. The lowest BCUT2D eigenvalue weighted by Gasteiger charge is -2.19. The largest absolute Gasteiger partial charge is 0.496 e. The number of hydrogen-bond acceptors (Lipinski definition) is 4. The Morgan fingerprint density at radius 3 is 2.54 bits per heavy atom. The summed E-state index contributed by atoms with van der Waals surface area (Å²) in [4.78, 5) is 14.8. The minimum absolute atomic E-state index is 0.589. The molecule has 3 rings (SSSR count). The van der Waals surface area contributed by atoms with Crippen LogP contribution in [0.5, 0.6) is 5.75 Å². The molecule has 0 amide bonds. The topological polar surface area (TPSA) is 49.8 Å². The molecule has 0 aliphatic heterocycles. The SMILES string of the molecule is COc1cc(N(C)C)ccc1C(C(=O)O)c1cc2ccccc2s1. The summed E-state index contributed by atoms with van der Waals surface area (Å²) in [5.74, 6) is -1.03. The van der Waals surface area contributed by atoms with E-state index in [9.17, 15) is 9.90 Å². The van der Waals surface area contributed by atoms with Crippen LogP contribution in [0.4, 0.5) is 5.69 Å². The number of carbonyl (C=O) groups is 1. The number of carboxylic acid groups (broad SMARTS) is 1. The maximum atomic E-state index is 12.0.